The van der Waals surface area contributed by atoms with Crippen molar-refractivity contribution < 1.29 is 13.2 Å². The lowest BCUT2D eigenvalue weighted by Gasteiger charge is -2.08. The molecule has 8 nitrogen and oxygen atoms in total. The molecule has 0 saturated heterocycles. The van der Waals surface area contributed by atoms with E-state index in [-0.39, 0.29) is 4.90 Å². The van der Waals surface area contributed by atoms with E-state index in [9.17, 15) is 13.2 Å². The molecule has 1 aromatic heterocycles. The number of rotatable bonds is 5. The normalized spacial score (nSPS) is 12.2. The third-order valence-corrected chi connectivity index (χ3v) is 4.17. The van der Waals surface area contributed by atoms with Crippen molar-refractivity contribution >= 4 is 15.9 Å². The number of hydrogen-bond donors (Lipinski definition) is 1. The van der Waals surface area contributed by atoms with Crippen LogP contribution in [-0.2, 0) is 14.8 Å². The monoisotopic (exact) mass is 321 g/mol. The topological polar surface area (TPSA) is 107 Å². The Bertz CT molecular complexity index is 797. The number of nitrogens with zero attached hydrogens (tertiary/aromatic N) is 4. The summed E-state index contributed by atoms with van der Waals surface area (Å²) in [6, 6.07) is 5.97. The molecule has 0 unspecified atom stereocenters. The summed E-state index contributed by atoms with van der Waals surface area (Å²) < 4.78 is 27.9. The minimum atomic E-state index is -3.96. The maximum absolute atomic E-state index is 12.3. The predicted octanol–water partition coefficient (Wildman–Crippen LogP) is 0.823. The molecule has 0 bridgehead atoms. The van der Waals surface area contributed by atoms with Gasteiger partial charge in [0.2, 0.25) is 0 Å². The maximum Gasteiger partial charge on any atom is 0.264 e. The van der Waals surface area contributed by atoms with Gasteiger partial charge in [0.15, 0.2) is 0 Å². The highest BCUT2D eigenvalue weighted by Gasteiger charge is 2.19. The van der Waals surface area contributed by atoms with Crippen LogP contribution in [0.25, 0.3) is 5.69 Å². The van der Waals surface area contributed by atoms with Crippen molar-refractivity contribution in [2.45, 2.75) is 25.2 Å². The summed E-state index contributed by atoms with van der Waals surface area (Å²) in [6.07, 6.45) is 3.65. The molecule has 0 radical (unpaired) electrons. The van der Waals surface area contributed by atoms with Gasteiger partial charge in [0.05, 0.1) is 10.6 Å². The van der Waals surface area contributed by atoms with Gasteiger partial charge in [-0.1, -0.05) is 19.1 Å². The van der Waals surface area contributed by atoms with Crippen LogP contribution < -0.4 is 4.72 Å². The predicted molar refractivity (Wildman–Crippen MR) is 78.5 cm³/mol. The highest BCUT2D eigenvalue weighted by Crippen LogP contribution is 2.14. The largest absolute Gasteiger partial charge is 0.269 e. The van der Waals surface area contributed by atoms with Gasteiger partial charge in [-0.25, -0.2) is 17.8 Å². The summed E-state index contributed by atoms with van der Waals surface area (Å²) in [5.74, 6) is -0.644. The number of sulfonamides is 1. The molecule has 0 atom stereocenters. The third kappa shape index (κ3) is 3.55. The Labute approximate surface area is 127 Å². The van der Waals surface area contributed by atoms with E-state index >= 15 is 0 Å². The molecular formula is C13H15N5O3S. The van der Waals surface area contributed by atoms with Gasteiger partial charge < -0.3 is 0 Å². The zero-order chi connectivity index (χ0) is 16.2. The molecular weight excluding hydrogens is 306 g/mol. The first-order chi connectivity index (χ1) is 10.4. The molecule has 22 heavy (non-hydrogen) atoms. The quantitative estimate of drug-likeness (QED) is 0.817. The summed E-state index contributed by atoms with van der Waals surface area (Å²) >= 11 is 0. The summed E-state index contributed by atoms with van der Waals surface area (Å²) in [7, 11) is -3.96. The van der Waals surface area contributed by atoms with Gasteiger partial charge in [0.1, 0.15) is 6.33 Å². The fourth-order valence-corrected chi connectivity index (χ4v) is 2.79. The number of tetrazole rings is 1. The Hall–Kier alpha value is -2.55. The van der Waals surface area contributed by atoms with Gasteiger partial charge in [0.25, 0.3) is 15.9 Å². The number of allylic oxidation sites excluding steroid dienone is 1. The first kappa shape index (κ1) is 15.8. The zero-order valence-electron chi connectivity index (χ0n) is 12.1. The number of amides is 1. The van der Waals surface area contributed by atoms with Crippen molar-refractivity contribution in [2.24, 2.45) is 0 Å². The lowest BCUT2D eigenvalue weighted by atomic mass is 10.2. The summed E-state index contributed by atoms with van der Waals surface area (Å²) in [4.78, 5) is 11.8. The van der Waals surface area contributed by atoms with Crippen LogP contribution in [0, 0.1) is 0 Å². The molecule has 0 saturated carbocycles. The molecule has 0 aliphatic heterocycles. The van der Waals surface area contributed by atoms with Crippen LogP contribution in [0.4, 0.5) is 0 Å². The number of aromatic nitrogens is 4. The number of carbonyl (C=O) groups is 1. The van der Waals surface area contributed by atoms with Crippen molar-refractivity contribution in [1.29, 1.82) is 0 Å². The minimum Gasteiger partial charge on any atom is -0.269 e. The van der Waals surface area contributed by atoms with E-state index < -0.39 is 15.9 Å². The lowest BCUT2D eigenvalue weighted by molar-refractivity contribution is -0.115. The summed E-state index contributed by atoms with van der Waals surface area (Å²) in [5, 5.41) is 10.7. The van der Waals surface area contributed by atoms with E-state index in [1.165, 1.54) is 23.1 Å². The second kappa shape index (κ2) is 6.48. The fraction of sp³-hybridized carbons (Fsp3) is 0.231. The van der Waals surface area contributed by atoms with Gasteiger partial charge >= 0.3 is 0 Å². The van der Waals surface area contributed by atoms with Gasteiger partial charge in [0, 0.05) is 5.57 Å². The third-order valence-electron chi connectivity index (χ3n) is 2.84. The zero-order valence-corrected chi connectivity index (χ0v) is 12.9. The van der Waals surface area contributed by atoms with Crippen molar-refractivity contribution in [3.63, 3.8) is 0 Å². The lowest BCUT2D eigenvalue weighted by Crippen LogP contribution is -2.31. The van der Waals surface area contributed by atoms with Crippen LogP contribution in [0.5, 0.6) is 0 Å². The molecule has 0 aliphatic carbocycles. The molecule has 2 rings (SSSR count). The second-order valence-electron chi connectivity index (χ2n) is 4.48. The Kier molecular flexibility index (Phi) is 4.66. The smallest absolute Gasteiger partial charge is 0.264 e. The Morgan fingerprint density at radius 1 is 1.41 bits per heavy atom. The van der Waals surface area contributed by atoms with Gasteiger partial charge in [-0.3, -0.25) is 4.79 Å². The molecule has 1 heterocycles. The van der Waals surface area contributed by atoms with Gasteiger partial charge in [-0.05, 0) is 42.0 Å². The van der Waals surface area contributed by atoms with Crippen LogP contribution >= 0.6 is 0 Å². The highest BCUT2D eigenvalue weighted by atomic mass is 32.2. The Balaban J connectivity index is 2.29. The van der Waals surface area contributed by atoms with E-state index in [0.717, 1.165) is 0 Å². The van der Waals surface area contributed by atoms with Crippen LogP contribution in [0.1, 0.15) is 20.3 Å². The number of hydrogen-bond acceptors (Lipinski definition) is 6. The Morgan fingerprint density at radius 2 is 2.18 bits per heavy atom. The molecule has 9 heteroatoms. The maximum atomic E-state index is 12.3. The summed E-state index contributed by atoms with van der Waals surface area (Å²) in [5.41, 5.74) is 0.823. The van der Waals surface area contributed by atoms with Crippen molar-refractivity contribution in [1.82, 2.24) is 24.9 Å². The first-order valence-corrected chi connectivity index (χ1v) is 7.99. The highest BCUT2D eigenvalue weighted by molar-refractivity contribution is 7.90. The van der Waals surface area contributed by atoms with E-state index in [4.69, 9.17) is 0 Å². The van der Waals surface area contributed by atoms with Gasteiger partial charge in [-0.15, -0.1) is 5.10 Å². The molecule has 1 amide bonds. The summed E-state index contributed by atoms with van der Waals surface area (Å²) in [6.45, 7) is 3.42. The van der Waals surface area contributed by atoms with Crippen LogP contribution in [0.2, 0.25) is 0 Å². The number of carbonyl (C=O) groups excluding carboxylic acids is 1. The van der Waals surface area contributed by atoms with Crippen molar-refractivity contribution in [2.75, 3.05) is 0 Å². The van der Waals surface area contributed by atoms with Crippen LogP contribution in [-0.4, -0.2) is 34.5 Å². The van der Waals surface area contributed by atoms with E-state index in [2.05, 4.69) is 15.5 Å². The molecule has 0 fully saturated rings. The second-order valence-corrected chi connectivity index (χ2v) is 6.16. The molecule has 116 valence electrons. The van der Waals surface area contributed by atoms with Crippen molar-refractivity contribution in [3.8, 4) is 5.69 Å². The molecule has 0 aliphatic rings. The fourth-order valence-electron chi connectivity index (χ4n) is 1.73. The molecule has 0 spiro atoms. The van der Waals surface area contributed by atoms with E-state index in [1.807, 2.05) is 11.6 Å². The average Bonchev–Trinajstić information content (AvgIpc) is 3.01. The van der Waals surface area contributed by atoms with Crippen molar-refractivity contribution in [3.05, 3.63) is 42.2 Å². The average molecular weight is 321 g/mol. The first-order valence-electron chi connectivity index (χ1n) is 6.51. The molecule has 1 N–H and O–H groups in total. The number of nitrogens with one attached hydrogen (secondary N) is 1. The minimum absolute atomic E-state index is 0.0434. The number of benzene rings is 1. The van der Waals surface area contributed by atoms with Gasteiger partial charge in [-0.2, -0.15) is 0 Å². The SMILES string of the molecule is CCC=C(C)C(=O)NS(=O)(=O)c1cccc(-n2cnnn2)c1. The van der Waals surface area contributed by atoms with Crippen LogP contribution in [0.15, 0.2) is 47.1 Å². The van der Waals surface area contributed by atoms with E-state index in [1.54, 1.807) is 25.1 Å². The standard InChI is InChI=1S/C13H15N5O3S/c1-3-5-10(2)13(19)15-22(20,21)12-7-4-6-11(8-12)18-9-14-16-17-18/h4-9H,3H2,1-2H3,(H,15,19). The van der Waals surface area contributed by atoms with Crippen LogP contribution in [0.3, 0.4) is 0 Å². The molecule has 2 aromatic rings. The molecule has 1 aromatic carbocycles. The van der Waals surface area contributed by atoms with E-state index in [0.29, 0.717) is 17.7 Å². The Morgan fingerprint density at radius 3 is 2.82 bits per heavy atom.